The summed E-state index contributed by atoms with van der Waals surface area (Å²) in [6.45, 7) is 4.36. The van der Waals surface area contributed by atoms with Crippen LogP contribution in [0.15, 0.2) is 24.3 Å². The number of benzene rings is 1. The van der Waals surface area contributed by atoms with Gasteiger partial charge in [-0.3, -0.25) is 9.69 Å². The summed E-state index contributed by atoms with van der Waals surface area (Å²) in [5.74, 6) is -0.664. The smallest absolute Gasteiger partial charge is 0.234 e. The number of hydrogen-bond donors (Lipinski definition) is 2. The third kappa shape index (κ3) is 3.91. The van der Waals surface area contributed by atoms with E-state index in [1.54, 1.807) is 12.1 Å². The normalized spacial score (nSPS) is 18.0. The zero-order valence-corrected chi connectivity index (χ0v) is 11.5. The van der Waals surface area contributed by atoms with Gasteiger partial charge in [-0.25, -0.2) is 4.39 Å². The third-order valence-electron chi connectivity index (χ3n) is 3.69. The molecule has 1 saturated heterocycles. The molecule has 0 radical (unpaired) electrons. The lowest BCUT2D eigenvalue weighted by molar-refractivity contribution is -0.119. The monoisotopic (exact) mass is 280 g/mol. The molecule has 0 aliphatic carbocycles. The van der Waals surface area contributed by atoms with Crippen LogP contribution in [0.3, 0.4) is 0 Å². The Balaban J connectivity index is 1.77. The fraction of sp³-hybridized carbons (Fsp3) is 0.500. The lowest BCUT2D eigenvalue weighted by atomic mass is 10.2. The fourth-order valence-electron chi connectivity index (χ4n) is 2.35. The van der Waals surface area contributed by atoms with Crippen molar-refractivity contribution < 1.29 is 9.18 Å². The average molecular weight is 280 g/mol. The average Bonchev–Trinajstić information content (AvgIpc) is 2.46. The second-order valence-electron chi connectivity index (χ2n) is 5.10. The van der Waals surface area contributed by atoms with Crippen molar-refractivity contribution in [1.29, 1.82) is 0 Å². The molecular formula is C14H21FN4O. The maximum absolute atomic E-state index is 12.9. The number of carbonyl (C=O) groups is 1. The first kappa shape index (κ1) is 14.7. The topological polar surface area (TPSA) is 75.6 Å². The number of primary amides is 1. The molecule has 0 bridgehead atoms. The van der Waals surface area contributed by atoms with Gasteiger partial charge in [-0.2, -0.15) is 0 Å². The van der Waals surface area contributed by atoms with Crippen LogP contribution in [0.2, 0.25) is 0 Å². The van der Waals surface area contributed by atoms with Crippen LogP contribution in [0.1, 0.15) is 6.42 Å². The summed E-state index contributed by atoms with van der Waals surface area (Å²) in [5, 5.41) is 0. The first-order chi connectivity index (χ1) is 9.56. The molecule has 1 fully saturated rings. The van der Waals surface area contributed by atoms with E-state index in [0.29, 0.717) is 6.42 Å². The highest BCUT2D eigenvalue weighted by Gasteiger charge is 2.18. The van der Waals surface area contributed by atoms with E-state index in [4.69, 9.17) is 11.5 Å². The summed E-state index contributed by atoms with van der Waals surface area (Å²) in [4.78, 5) is 15.4. The van der Waals surface area contributed by atoms with Gasteiger partial charge in [0.15, 0.2) is 0 Å². The highest BCUT2D eigenvalue weighted by molar-refractivity contribution is 5.79. The van der Waals surface area contributed by atoms with Gasteiger partial charge in [-0.15, -0.1) is 0 Å². The molecule has 2 rings (SSSR count). The second-order valence-corrected chi connectivity index (χ2v) is 5.10. The van der Waals surface area contributed by atoms with Crippen LogP contribution >= 0.6 is 0 Å². The predicted octanol–water partition coefficient (Wildman–Crippen LogP) is 0.150. The van der Waals surface area contributed by atoms with Crippen LogP contribution in [0.4, 0.5) is 10.1 Å². The number of nitrogens with zero attached hydrogens (tertiary/aromatic N) is 2. The van der Waals surface area contributed by atoms with Gasteiger partial charge in [0.2, 0.25) is 5.91 Å². The van der Waals surface area contributed by atoms with Gasteiger partial charge in [-0.05, 0) is 30.7 Å². The van der Waals surface area contributed by atoms with E-state index >= 15 is 0 Å². The number of halogens is 1. The van der Waals surface area contributed by atoms with Gasteiger partial charge in [0.25, 0.3) is 0 Å². The molecule has 110 valence electrons. The molecule has 1 amide bonds. The summed E-state index contributed by atoms with van der Waals surface area (Å²) in [6.07, 6.45) is 0.589. The van der Waals surface area contributed by atoms with Gasteiger partial charge in [-0.1, -0.05) is 0 Å². The van der Waals surface area contributed by atoms with E-state index in [9.17, 15) is 9.18 Å². The standard InChI is InChI=1S/C14H21FN4O/c15-11-1-3-12(4-2-11)19-9-7-18(8-10-19)6-5-13(16)14(17)20/h1-4,13H,5-10,16H2,(H2,17,20). The van der Waals surface area contributed by atoms with Crippen LogP contribution in [-0.4, -0.2) is 49.6 Å². The highest BCUT2D eigenvalue weighted by atomic mass is 19.1. The molecule has 0 spiro atoms. The Kier molecular flexibility index (Phi) is 4.92. The minimum atomic E-state index is -0.565. The summed E-state index contributed by atoms with van der Waals surface area (Å²) in [7, 11) is 0. The second kappa shape index (κ2) is 6.67. The van der Waals surface area contributed by atoms with Gasteiger partial charge >= 0.3 is 0 Å². The van der Waals surface area contributed by atoms with E-state index in [0.717, 1.165) is 38.4 Å². The van der Waals surface area contributed by atoms with Crippen molar-refractivity contribution in [3.05, 3.63) is 30.1 Å². The molecule has 4 N–H and O–H groups in total. The van der Waals surface area contributed by atoms with Crippen molar-refractivity contribution in [3.8, 4) is 0 Å². The Bertz CT molecular complexity index is 443. The van der Waals surface area contributed by atoms with Crippen LogP contribution in [0.25, 0.3) is 0 Å². The maximum Gasteiger partial charge on any atom is 0.234 e. The Labute approximate surface area is 118 Å². The van der Waals surface area contributed by atoms with Crippen LogP contribution in [0, 0.1) is 5.82 Å². The third-order valence-corrected chi connectivity index (χ3v) is 3.69. The Morgan fingerprint density at radius 1 is 1.20 bits per heavy atom. The molecule has 0 aromatic heterocycles. The van der Waals surface area contributed by atoms with E-state index in [2.05, 4.69) is 9.80 Å². The van der Waals surface area contributed by atoms with Crippen LogP contribution in [-0.2, 0) is 4.79 Å². The van der Waals surface area contributed by atoms with Crippen molar-refractivity contribution in [2.45, 2.75) is 12.5 Å². The van der Waals surface area contributed by atoms with E-state index in [-0.39, 0.29) is 5.82 Å². The number of hydrogen-bond acceptors (Lipinski definition) is 4. The minimum Gasteiger partial charge on any atom is -0.369 e. The first-order valence-electron chi connectivity index (χ1n) is 6.84. The Hall–Kier alpha value is -1.66. The molecular weight excluding hydrogens is 259 g/mol. The largest absolute Gasteiger partial charge is 0.369 e. The number of nitrogens with two attached hydrogens (primary N) is 2. The van der Waals surface area contributed by atoms with E-state index in [1.807, 2.05) is 0 Å². The number of amides is 1. The number of rotatable bonds is 5. The lowest BCUT2D eigenvalue weighted by Crippen LogP contribution is -2.48. The highest BCUT2D eigenvalue weighted by Crippen LogP contribution is 2.16. The molecule has 20 heavy (non-hydrogen) atoms. The zero-order chi connectivity index (χ0) is 14.5. The number of carbonyl (C=O) groups excluding carboxylic acids is 1. The van der Waals surface area contributed by atoms with Crippen molar-refractivity contribution in [2.75, 3.05) is 37.6 Å². The Morgan fingerprint density at radius 3 is 2.35 bits per heavy atom. The van der Waals surface area contributed by atoms with Gasteiger partial charge in [0, 0.05) is 38.4 Å². The van der Waals surface area contributed by atoms with Crippen molar-refractivity contribution in [3.63, 3.8) is 0 Å². The van der Waals surface area contributed by atoms with Gasteiger partial charge < -0.3 is 16.4 Å². The summed E-state index contributed by atoms with van der Waals surface area (Å²) in [6, 6.07) is 5.99. The molecule has 1 aliphatic rings. The Morgan fingerprint density at radius 2 is 1.80 bits per heavy atom. The molecule has 1 aromatic rings. The number of anilines is 1. The SMILES string of the molecule is NC(=O)C(N)CCN1CCN(c2ccc(F)cc2)CC1. The predicted molar refractivity (Wildman–Crippen MR) is 76.8 cm³/mol. The summed E-state index contributed by atoms with van der Waals surface area (Å²) in [5.41, 5.74) is 11.8. The van der Waals surface area contributed by atoms with Gasteiger partial charge in [0.1, 0.15) is 5.82 Å². The van der Waals surface area contributed by atoms with Crippen LogP contribution in [0.5, 0.6) is 0 Å². The number of piperazine rings is 1. The van der Waals surface area contributed by atoms with Crippen molar-refractivity contribution >= 4 is 11.6 Å². The van der Waals surface area contributed by atoms with E-state index in [1.165, 1.54) is 12.1 Å². The van der Waals surface area contributed by atoms with Crippen LogP contribution < -0.4 is 16.4 Å². The van der Waals surface area contributed by atoms with Crippen molar-refractivity contribution in [1.82, 2.24) is 4.90 Å². The summed E-state index contributed by atoms with van der Waals surface area (Å²) < 4.78 is 12.9. The lowest BCUT2D eigenvalue weighted by Gasteiger charge is -2.36. The molecule has 6 heteroatoms. The zero-order valence-electron chi connectivity index (χ0n) is 11.5. The van der Waals surface area contributed by atoms with E-state index < -0.39 is 11.9 Å². The quantitative estimate of drug-likeness (QED) is 0.805. The molecule has 1 unspecified atom stereocenters. The summed E-state index contributed by atoms with van der Waals surface area (Å²) >= 11 is 0. The van der Waals surface area contributed by atoms with Crippen molar-refractivity contribution in [2.24, 2.45) is 11.5 Å². The molecule has 0 saturated carbocycles. The first-order valence-corrected chi connectivity index (χ1v) is 6.84. The fourth-order valence-corrected chi connectivity index (χ4v) is 2.35. The molecule has 1 heterocycles. The minimum absolute atomic E-state index is 0.215. The molecule has 1 atom stereocenters. The molecule has 1 aliphatic heterocycles. The maximum atomic E-state index is 12.9. The van der Waals surface area contributed by atoms with Gasteiger partial charge in [0.05, 0.1) is 6.04 Å². The molecule has 1 aromatic carbocycles. The molecule has 5 nitrogen and oxygen atoms in total.